The number of methoxy groups -OCH3 is 1. The van der Waals surface area contributed by atoms with E-state index in [1.807, 2.05) is 18.2 Å². The lowest BCUT2D eigenvalue weighted by Gasteiger charge is -2.24. The molecule has 1 aliphatic heterocycles. The number of nitrogens with one attached hydrogen (secondary N) is 2. The first-order valence-electron chi connectivity index (χ1n) is 12.2. The predicted octanol–water partition coefficient (Wildman–Crippen LogP) is 4.53. The van der Waals surface area contributed by atoms with Crippen molar-refractivity contribution in [1.82, 2.24) is 15.3 Å². The van der Waals surface area contributed by atoms with Crippen LogP contribution in [0, 0.1) is 0 Å². The zero-order valence-electron chi connectivity index (χ0n) is 20.6. The molecule has 4 rings (SSSR count). The number of alkyl halides is 3. The van der Waals surface area contributed by atoms with E-state index in [0.717, 1.165) is 43.3 Å². The van der Waals surface area contributed by atoms with Gasteiger partial charge in [0.2, 0.25) is 11.9 Å². The Kier molecular flexibility index (Phi) is 8.27. The minimum absolute atomic E-state index is 0.0395. The van der Waals surface area contributed by atoms with Gasteiger partial charge in [0.05, 0.1) is 30.5 Å². The summed E-state index contributed by atoms with van der Waals surface area (Å²) in [6.45, 7) is 1.93. The summed E-state index contributed by atoms with van der Waals surface area (Å²) in [5.74, 6) is 0.590. The maximum Gasteiger partial charge on any atom is 0.419 e. The molecule has 0 radical (unpaired) electrons. The van der Waals surface area contributed by atoms with Crippen molar-refractivity contribution in [2.45, 2.75) is 44.2 Å². The molecule has 10 heteroatoms. The number of aryl methyl sites for hydroxylation is 2. The number of nitrogens with zero attached hydrogens (tertiary/aromatic N) is 2. The number of halogens is 3. The van der Waals surface area contributed by atoms with Crippen LogP contribution in [0.3, 0.4) is 0 Å². The number of anilines is 2. The van der Waals surface area contributed by atoms with Gasteiger partial charge < -0.3 is 21.1 Å². The van der Waals surface area contributed by atoms with E-state index in [1.54, 1.807) is 31.4 Å². The van der Waals surface area contributed by atoms with Crippen LogP contribution < -0.4 is 21.1 Å². The molecule has 1 saturated heterocycles. The van der Waals surface area contributed by atoms with Crippen LogP contribution in [-0.4, -0.2) is 36.1 Å². The Balaban J connectivity index is 1.55. The van der Waals surface area contributed by atoms with Gasteiger partial charge in [-0.25, -0.2) is 9.97 Å². The van der Waals surface area contributed by atoms with Crippen molar-refractivity contribution in [3.8, 4) is 5.75 Å². The number of nitrogens with two attached hydrogens (primary N) is 1. The zero-order chi connectivity index (χ0) is 26.4. The molecule has 0 bridgehead atoms. The number of rotatable bonds is 9. The van der Waals surface area contributed by atoms with Crippen molar-refractivity contribution in [3.63, 3.8) is 0 Å². The maximum absolute atomic E-state index is 13.7. The van der Waals surface area contributed by atoms with Crippen LogP contribution in [0.5, 0.6) is 5.75 Å². The van der Waals surface area contributed by atoms with Gasteiger partial charge >= 0.3 is 6.18 Å². The Morgan fingerprint density at radius 3 is 2.59 bits per heavy atom. The molecular formula is C27H30F3N5O2. The summed E-state index contributed by atoms with van der Waals surface area (Å²) in [5, 5.41) is 6.37. The van der Waals surface area contributed by atoms with E-state index in [-0.39, 0.29) is 24.5 Å². The molecular weight excluding hydrogens is 483 g/mol. The van der Waals surface area contributed by atoms with Crippen molar-refractivity contribution >= 4 is 17.5 Å². The molecule has 3 aromatic rings. The minimum atomic E-state index is -4.59. The maximum atomic E-state index is 13.7. The number of ether oxygens (including phenoxy) is 1. The van der Waals surface area contributed by atoms with Crippen molar-refractivity contribution in [1.29, 1.82) is 0 Å². The molecule has 1 fully saturated rings. The van der Waals surface area contributed by atoms with Gasteiger partial charge in [-0.05, 0) is 73.5 Å². The van der Waals surface area contributed by atoms with E-state index < -0.39 is 17.6 Å². The average molecular weight is 514 g/mol. The van der Waals surface area contributed by atoms with Crippen molar-refractivity contribution in [2.75, 3.05) is 25.5 Å². The Bertz CT molecular complexity index is 1240. The highest BCUT2D eigenvalue weighted by molar-refractivity contribution is 5.76. The molecule has 7 nitrogen and oxygen atoms in total. The number of hydrogen-bond acceptors (Lipinski definition) is 6. The lowest BCUT2D eigenvalue weighted by atomic mass is 9.90. The van der Waals surface area contributed by atoms with Gasteiger partial charge in [-0.2, -0.15) is 13.2 Å². The molecule has 2 aromatic carbocycles. The van der Waals surface area contributed by atoms with Crippen LogP contribution >= 0.6 is 0 Å². The standard InChI is InChI=1S/C27H30F3N5O2/c1-37-24-15-20(19-9-11-32-12-10-19)6-8-23(24)35-26-33-16-21(27(28,29)30)22(34-26)7-5-17-3-2-4-18(13-17)14-25(31)36/h2-4,6,8,13,15-16,19,32H,5,7,9-12,14H2,1H3,(H2,31,36)(H,33,34,35). The minimum Gasteiger partial charge on any atom is -0.495 e. The fourth-order valence-electron chi connectivity index (χ4n) is 4.60. The third-order valence-electron chi connectivity index (χ3n) is 6.48. The highest BCUT2D eigenvalue weighted by atomic mass is 19.4. The third kappa shape index (κ3) is 6.97. The number of primary amides is 1. The number of amides is 1. The molecule has 2 heterocycles. The van der Waals surface area contributed by atoms with Gasteiger partial charge in [0.1, 0.15) is 5.75 Å². The fraction of sp³-hybridized carbons (Fsp3) is 0.370. The van der Waals surface area contributed by atoms with E-state index in [9.17, 15) is 18.0 Å². The van der Waals surface area contributed by atoms with E-state index in [0.29, 0.717) is 29.3 Å². The largest absolute Gasteiger partial charge is 0.495 e. The van der Waals surface area contributed by atoms with Gasteiger partial charge in [-0.1, -0.05) is 30.3 Å². The summed E-state index contributed by atoms with van der Waals surface area (Å²) in [6.07, 6.45) is -1.29. The molecule has 0 spiro atoms. The molecule has 196 valence electrons. The Hall–Kier alpha value is -3.66. The smallest absolute Gasteiger partial charge is 0.419 e. The van der Waals surface area contributed by atoms with Crippen LogP contribution in [-0.2, 0) is 30.2 Å². The Morgan fingerprint density at radius 1 is 1.14 bits per heavy atom. The number of aromatic nitrogens is 2. The summed E-state index contributed by atoms with van der Waals surface area (Å²) in [7, 11) is 1.55. The number of benzene rings is 2. The Labute approximate surface area is 213 Å². The molecule has 1 aromatic heterocycles. The lowest BCUT2D eigenvalue weighted by Crippen LogP contribution is -2.26. The molecule has 37 heavy (non-hydrogen) atoms. The van der Waals surface area contributed by atoms with Crippen LogP contribution in [0.1, 0.15) is 46.7 Å². The monoisotopic (exact) mass is 513 g/mol. The summed E-state index contributed by atoms with van der Waals surface area (Å²) in [5.41, 5.74) is 7.50. The second-order valence-corrected chi connectivity index (χ2v) is 9.12. The van der Waals surface area contributed by atoms with Crippen molar-refractivity contribution in [3.05, 3.63) is 76.6 Å². The topological polar surface area (TPSA) is 102 Å². The molecule has 0 unspecified atom stereocenters. The summed E-state index contributed by atoms with van der Waals surface area (Å²) < 4.78 is 46.7. The van der Waals surface area contributed by atoms with Crippen LogP contribution in [0.25, 0.3) is 0 Å². The zero-order valence-corrected chi connectivity index (χ0v) is 20.6. The van der Waals surface area contributed by atoms with Gasteiger partial charge in [0, 0.05) is 6.20 Å². The average Bonchev–Trinajstić information content (AvgIpc) is 2.87. The second kappa shape index (κ2) is 11.6. The first kappa shape index (κ1) is 26.4. The molecule has 1 aliphatic rings. The van der Waals surface area contributed by atoms with E-state index >= 15 is 0 Å². The van der Waals surface area contributed by atoms with Crippen LogP contribution in [0.2, 0.25) is 0 Å². The number of carbonyl (C=O) groups is 1. The van der Waals surface area contributed by atoms with Gasteiger partial charge in [-0.3, -0.25) is 4.79 Å². The van der Waals surface area contributed by atoms with Crippen LogP contribution in [0.15, 0.2) is 48.7 Å². The summed E-state index contributed by atoms with van der Waals surface area (Å²) in [4.78, 5) is 19.4. The fourth-order valence-corrected chi connectivity index (χ4v) is 4.60. The van der Waals surface area contributed by atoms with Crippen molar-refractivity contribution < 1.29 is 22.7 Å². The summed E-state index contributed by atoms with van der Waals surface area (Å²) in [6, 6.07) is 12.9. The molecule has 0 atom stereocenters. The summed E-state index contributed by atoms with van der Waals surface area (Å²) >= 11 is 0. The highest BCUT2D eigenvalue weighted by Crippen LogP contribution is 2.35. The van der Waals surface area contributed by atoms with Gasteiger partial charge in [0.15, 0.2) is 0 Å². The third-order valence-corrected chi connectivity index (χ3v) is 6.48. The Morgan fingerprint density at radius 2 is 1.89 bits per heavy atom. The van der Waals surface area contributed by atoms with Crippen molar-refractivity contribution in [2.24, 2.45) is 5.73 Å². The molecule has 4 N–H and O–H groups in total. The van der Waals surface area contributed by atoms with E-state index in [2.05, 4.69) is 20.6 Å². The molecule has 0 aliphatic carbocycles. The lowest BCUT2D eigenvalue weighted by molar-refractivity contribution is -0.138. The van der Waals surface area contributed by atoms with Gasteiger partial charge in [-0.15, -0.1) is 0 Å². The quantitative estimate of drug-likeness (QED) is 0.389. The number of carbonyl (C=O) groups excluding carboxylic acids is 1. The van der Waals surface area contributed by atoms with E-state index in [4.69, 9.17) is 10.5 Å². The second-order valence-electron chi connectivity index (χ2n) is 9.12. The normalized spacial score (nSPS) is 14.4. The molecule has 0 saturated carbocycles. The number of hydrogen-bond donors (Lipinski definition) is 3. The first-order chi connectivity index (χ1) is 17.7. The predicted molar refractivity (Wildman–Crippen MR) is 135 cm³/mol. The van der Waals surface area contributed by atoms with E-state index in [1.165, 1.54) is 0 Å². The van der Waals surface area contributed by atoms with Crippen LogP contribution in [0.4, 0.5) is 24.8 Å². The molecule has 1 amide bonds. The SMILES string of the molecule is COc1cc(C2CCNCC2)ccc1Nc1ncc(C(F)(F)F)c(CCc2cccc(CC(N)=O)c2)n1. The number of piperidine rings is 1. The first-order valence-corrected chi connectivity index (χ1v) is 12.2. The van der Waals surface area contributed by atoms with Gasteiger partial charge in [0.25, 0.3) is 0 Å². The highest BCUT2D eigenvalue weighted by Gasteiger charge is 2.35.